The molecule has 0 bridgehead atoms. The highest BCUT2D eigenvalue weighted by molar-refractivity contribution is 9.10. The van der Waals surface area contributed by atoms with Crippen LogP contribution in [0, 0.1) is 13.8 Å². The Balaban J connectivity index is 1.60. The van der Waals surface area contributed by atoms with Gasteiger partial charge in [0, 0.05) is 21.2 Å². The molecule has 0 saturated carbocycles. The third-order valence-corrected chi connectivity index (χ3v) is 6.64. The molecule has 37 heavy (non-hydrogen) atoms. The van der Waals surface area contributed by atoms with Gasteiger partial charge >= 0.3 is 11.8 Å². The number of rotatable bonds is 4. The molecule has 0 unspecified atom stereocenters. The van der Waals surface area contributed by atoms with Crippen molar-refractivity contribution in [3.05, 3.63) is 93.6 Å². The Labute approximate surface area is 224 Å². The second-order valence-electron chi connectivity index (χ2n) is 10.0. The molecule has 1 heterocycles. The fraction of sp³-hybridized carbons (Fsp3) is 0.207. The van der Waals surface area contributed by atoms with Crippen LogP contribution in [0.25, 0.3) is 10.9 Å². The van der Waals surface area contributed by atoms with Crippen LogP contribution in [0.3, 0.4) is 0 Å². The number of nitrogens with zero attached hydrogens (tertiary/aromatic N) is 1. The lowest BCUT2D eigenvalue weighted by atomic mass is 9.87. The van der Waals surface area contributed by atoms with Crippen molar-refractivity contribution in [2.45, 2.75) is 40.0 Å². The maximum absolute atomic E-state index is 13.4. The van der Waals surface area contributed by atoms with Gasteiger partial charge in [0.25, 0.3) is 5.91 Å². The van der Waals surface area contributed by atoms with E-state index in [0.717, 1.165) is 26.5 Å². The Morgan fingerprint density at radius 3 is 2.08 bits per heavy atom. The quantitative estimate of drug-likeness (QED) is 0.256. The van der Waals surface area contributed by atoms with Crippen molar-refractivity contribution in [3.8, 4) is 0 Å². The molecule has 0 atom stereocenters. The average molecular weight is 561 g/mol. The molecule has 3 aromatic carbocycles. The van der Waals surface area contributed by atoms with Gasteiger partial charge in [0.2, 0.25) is 0 Å². The van der Waals surface area contributed by atoms with Crippen molar-refractivity contribution in [2.24, 2.45) is 0 Å². The first-order valence-corrected chi connectivity index (χ1v) is 12.6. The van der Waals surface area contributed by atoms with Crippen molar-refractivity contribution in [1.82, 2.24) is 4.68 Å². The van der Waals surface area contributed by atoms with Crippen LogP contribution >= 0.6 is 15.9 Å². The van der Waals surface area contributed by atoms with Crippen molar-refractivity contribution in [2.75, 3.05) is 16.1 Å². The van der Waals surface area contributed by atoms with Gasteiger partial charge < -0.3 is 10.6 Å². The number of aryl methyl sites for hydroxylation is 2. The zero-order valence-corrected chi connectivity index (χ0v) is 23.0. The fourth-order valence-electron chi connectivity index (χ4n) is 4.06. The summed E-state index contributed by atoms with van der Waals surface area (Å²) < 4.78 is 2.16. The number of hydrogen-bond acceptors (Lipinski definition) is 3. The highest BCUT2D eigenvalue weighted by atomic mass is 79.9. The molecule has 0 aliphatic heterocycles. The van der Waals surface area contributed by atoms with Crippen LogP contribution in [0.15, 0.2) is 71.2 Å². The minimum absolute atomic E-state index is 0.0296. The lowest BCUT2D eigenvalue weighted by Crippen LogP contribution is -2.36. The van der Waals surface area contributed by atoms with E-state index in [0.29, 0.717) is 16.9 Å². The van der Waals surface area contributed by atoms with Gasteiger partial charge in [0.05, 0.1) is 5.52 Å². The van der Waals surface area contributed by atoms with Gasteiger partial charge in [-0.2, -0.15) is 0 Å². The molecule has 0 aliphatic carbocycles. The maximum Gasteiger partial charge on any atom is 0.328 e. The molecule has 0 radical (unpaired) electrons. The molecule has 190 valence electrons. The van der Waals surface area contributed by atoms with Gasteiger partial charge in [-0.25, -0.2) is 4.68 Å². The van der Waals surface area contributed by atoms with Crippen LogP contribution in [0.2, 0.25) is 0 Å². The number of anilines is 2. The van der Waals surface area contributed by atoms with E-state index in [1.165, 1.54) is 4.68 Å². The normalized spacial score (nSPS) is 11.3. The predicted molar refractivity (Wildman–Crippen MR) is 152 cm³/mol. The molecule has 3 N–H and O–H groups in total. The summed E-state index contributed by atoms with van der Waals surface area (Å²) in [6.45, 7) is 10.1. The van der Waals surface area contributed by atoms with Gasteiger partial charge in [-0.05, 0) is 72.4 Å². The van der Waals surface area contributed by atoms with Crippen LogP contribution in [0.1, 0.15) is 48.0 Å². The third kappa shape index (κ3) is 5.75. The number of aromatic nitrogens is 1. The standard InChI is InChI=1S/C29H29BrN4O3/c1-17-7-6-8-18(2)25(17)32-26(35)24-16-19-15-21(30)11-14-23(19)34(24)33-28(37)27(36)31-22-12-9-20(10-13-22)29(3,4)5/h6-16H,1-5H3,(H,31,36)(H,32,35)(H,33,37). The van der Waals surface area contributed by atoms with Crippen molar-refractivity contribution < 1.29 is 14.4 Å². The number of fused-ring (bicyclic) bond motifs is 1. The highest BCUT2D eigenvalue weighted by Gasteiger charge is 2.22. The van der Waals surface area contributed by atoms with Crippen LogP contribution < -0.4 is 16.1 Å². The first kappa shape index (κ1) is 26.2. The number of amides is 3. The number of halogens is 1. The Hall–Kier alpha value is -3.91. The Kier molecular flexibility index (Phi) is 7.23. The summed E-state index contributed by atoms with van der Waals surface area (Å²) in [6, 6.07) is 20.2. The SMILES string of the molecule is Cc1cccc(C)c1NC(=O)c1cc2cc(Br)ccc2n1NC(=O)C(=O)Nc1ccc(C(C)(C)C)cc1. The van der Waals surface area contributed by atoms with Gasteiger partial charge in [-0.1, -0.05) is 67.0 Å². The van der Waals surface area contributed by atoms with Gasteiger partial charge in [-0.15, -0.1) is 0 Å². The van der Waals surface area contributed by atoms with Gasteiger partial charge in [0.15, 0.2) is 0 Å². The predicted octanol–water partition coefficient (Wildman–Crippen LogP) is 6.28. The number of carbonyl (C=O) groups is 3. The molecular formula is C29H29BrN4O3. The summed E-state index contributed by atoms with van der Waals surface area (Å²) in [5.41, 5.74) is 7.47. The molecular weight excluding hydrogens is 532 g/mol. The molecule has 7 nitrogen and oxygen atoms in total. The van der Waals surface area contributed by atoms with E-state index >= 15 is 0 Å². The molecule has 4 aromatic rings. The maximum atomic E-state index is 13.4. The number of nitrogens with one attached hydrogen (secondary N) is 3. The summed E-state index contributed by atoms with van der Waals surface area (Å²) in [5.74, 6) is -2.16. The smallest absolute Gasteiger partial charge is 0.320 e. The van der Waals surface area contributed by atoms with E-state index in [-0.39, 0.29) is 11.1 Å². The molecule has 0 aliphatic rings. The monoisotopic (exact) mass is 560 g/mol. The van der Waals surface area contributed by atoms with Crippen LogP contribution in [-0.2, 0) is 15.0 Å². The second-order valence-corrected chi connectivity index (χ2v) is 10.9. The van der Waals surface area contributed by atoms with Crippen molar-refractivity contribution in [1.29, 1.82) is 0 Å². The average Bonchev–Trinajstić information content (AvgIpc) is 3.18. The summed E-state index contributed by atoms with van der Waals surface area (Å²) >= 11 is 3.44. The van der Waals surface area contributed by atoms with E-state index in [2.05, 4.69) is 52.8 Å². The Morgan fingerprint density at radius 1 is 0.811 bits per heavy atom. The fourth-order valence-corrected chi connectivity index (χ4v) is 4.44. The van der Waals surface area contributed by atoms with E-state index in [1.807, 2.05) is 50.2 Å². The summed E-state index contributed by atoms with van der Waals surface area (Å²) in [5, 5.41) is 6.29. The van der Waals surface area contributed by atoms with Gasteiger partial charge in [-0.3, -0.25) is 19.8 Å². The minimum atomic E-state index is -0.901. The zero-order chi connectivity index (χ0) is 26.9. The van der Waals surface area contributed by atoms with Crippen molar-refractivity contribution in [3.63, 3.8) is 0 Å². The topological polar surface area (TPSA) is 92.2 Å². The molecule has 0 spiro atoms. The first-order chi connectivity index (χ1) is 17.4. The third-order valence-electron chi connectivity index (χ3n) is 6.14. The summed E-state index contributed by atoms with van der Waals surface area (Å²) in [6.07, 6.45) is 0. The lowest BCUT2D eigenvalue weighted by Gasteiger charge is -2.19. The lowest BCUT2D eigenvalue weighted by molar-refractivity contribution is -0.133. The molecule has 4 rings (SSSR count). The molecule has 1 aromatic heterocycles. The van der Waals surface area contributed by atoms with E-state index in [4.69, 9.17) is 0 Å². The Bertz CT molecular complexity index is 1490. The number of para-hydroxylation sites is 1. The molecule has 0 fully saturated rings. The molecule has 0 saturated heterocycles. The Morgan fingerprint density at radius 2 is 1.46 bits per heavy atom. The van der Waals surface area contributed by atoms with Crippen molar-refractivity contribution >= 4 is 55.9 Å². The number of benzene rings is 3. The largest absolute Gasteiger partial charge is 0.328 e. The minimum Gasteiger partial charge on any atom is -0.320 e. The summed E-state index contributed by atoms with van der Waals surface area (Å²) in [7, 11) is 0. The van der Waals surface area contributed by atoms with E-state index in [9.17, 15) is 14.4 Å². The van der Waals surface area contributed by atoms with Crippen LogP contribution in [0.5, 0.6) is 0 Å². The van der Waals surface area contributed by atoms with E-state index in [1.54, 1.807) is 30.3 Å². The molecule has 3 amide bonds. The molecule has 8 heteroatoms. The number of carbonyl (C=O) groups excluding carboxylic acids is 3. The summed E-state index contributed by atoms with van der Waals surface area (Å²) in [4.78, 5) is 39.0. The van der Waals surface area contributed by atoms with Gasteiger partial charge in [0.1, 0.15) is 5.69 Å². The van der Waals surface area contributed by atoms with Crippen LogP contribution in [-0.4, -0.2) is 22.4 Å². The number of hydrogen-bond donors (Lipinski definition) is 3. The van der Waals surface area contributed by atoms with E-state index < -0.39 is 17.7 Å². The highest BCUT2D eigenvalue weighted by Crippen LogP contribution is 2.26. The second kappa shape index (κ2) is 10.2. The first-order valence-electron chi connectivity index (χ1n) is 11.9. The van der Waals surface area contributed by atoms with Crippen LogP contribution in [0.4, 0.5) is 11.4 Å². The zero-order valence-electron chi connectivity index (χ0n) is 21.4.